The molecule has 1 unspecified atom stereocenters. The van der Waals surface area contributed by atoms with E-state index in [0.717, 1.165) is 0 Å². The predicted molar refractivity (Wildman–Crippen MR) is 170 cm³/mol. The Kier molecular flexibility index (Phi) is 10.4. The van der Waals surface area contributed by atoms with Crippen molar-refractivity contribution in [3.8, 4) is 11.5 Å². The Morgan fingerprint density at radius 3 is 2.40 bits per heavy atom. The molecule has 4 aromatic rings. The summed E-state index contributed by atoms with van der Waals surface area (Å²) in [5, 5.41) is 9.05. The molecule has 47 heavy (non-hydrogen) atoms. The summed E-state index contributed by atoms with van der Waals surface area (Å²) in [5.41, 5.74) is 4.02. The van der Waals surface area contributed by atoms with Gasteiger partial charge >= 0.3 is 12.1 Å². The highest BCUT2D eigenvalue weighted by Crippen LogP contribution is 2.38. The van der Waals surface area contributed by atoms with Crippen molar-refractivity contribution < 1.29 is 41.8 Å². The standard InChI is InChI=1S/C33H34F3N5O6/c1-5-45-28-17-23(9-12-27(28)46-19(2)3)32(47-31(44)33(34,35)36,41-25-10-11-26-22(16-25)13-14-38-29(26)37)30(43)39-18-21-7-6-8-24(15-21)40-20(4)42/h6-17,19,41H,5,18H2,1-4H3,(H2,37,38)(H,39,43)(H,40,42). The van der Waals surface area contributed by atoms with Gasteiger partial charge in [-0.05, 0) is 86.3 Å². The zero-order valence-corrected chi connectivity index (χ0v) is 26.0. The topological polar surface area (TPSA) is 154 Å². The van der Waals surface area contributed by atoms with Crippen LogP contribution in [-0.2, 0) is 31.4 Å². The number of hydrogen-bond acceptors (Lipinski definition) is 9. The highest BCUT2D eigenvalue weighted by Gasteiger charge is 2.52. The maximum atomic E-state index is 14.2. The Morgan fingerprint density at radius 2 is 1.72 bits per heavy atom. The number of halogens is 3. The first kappa shape index (κ1) is 34.3. The summed E-state index contributed by atoms with van der Waals surface area (Å²) in [7, 11) is 0. The van der Waals surface area contributed by atoms with Gasteiger partial charge in [0, 0.05) is 42.0 Å². The van der Waals surface area contributed by atoms with Gasteiger partial charge in [0.25, 0.3) is 11.6 Å². The van der Waals surface area contributed by atoms with Gasteiger partial charge in [0.15, 0.2) is 11.5 Å². The van der Waals surface area contributed by atoms with Crippen LogP contribution in [0, 0.1) is 0 Å². The molecule has 0 fully saturated rings. The highest BCUT2D eigenvalue weighted by molar-refractivity contribution is 5.96. The van der Waals surface area contributed by atoms with Crippen LogP contribution >= 0.6 is 0 Å². The van der Waals surface area contributed by atoms with Crippen LogP contribution in [-0.4, -0.2) is 41.7 Å². The van der Waals surface area contributed by atoms with E-state index in [1.165, 1.54) is 43.5 Å². The molecule has 0 radical (unpaired) electrons. The average molecular weight is 654 g/mol. The number of nitrogens with zero attached hydrogens (tertiary/aromatic N) is 1. The van der Waals surface area contributed by atoms with E-state index >= 15 is 0 Å². The van der Waals surface area contributed by atoms with Gasteiger partial charge in [0.05, 0.1) is 12.7 Å². The number of benzene rings is 3. The van der Waals surface area contributed by atoms with E-state index in [-0.39, 0.29) is 53.7 Å². The third-order valence-electron chi connectivity index (χ3n) is 6.63. The molecule has 3 aromatic carbocycles. The van der Waals surface area contributed by atoms with E-state index in [9.17, 15) is 27.6 Å². The van der Waals surface area contributed by atoms with Gasteiger partial charge in [-0.3, -0.25) is 9.59 Å². The first-order chi connectivity index (χ1) is 22.2. The number of carbonyl (C=O) groups is 3. The normalized spacial score (nSPS) is 12.6. The van der Waals surface area contributed by atoms with E-state index in [4.69, 9.17) is 19.9 Å². The molecule has 0 aliphatic heterocycles. The second kappa shape index (κ2) is 14.3. The number of hydrogen-bond donors (Lipinski definition) is 4. The number of pyridine rings is 1. The zero-order chi connectivity index (χ0) is 34.4. The third kappa shape index (κ3) is 8.39. The lowest BCUT2D eigenvalue weighted by atomic mass is 9.99. The summed E-state index contributed by atoms with van der Waals surface area (Å²) < 4.78 is 58.1. The SMILES string of the molecule is CCOc1cc(C(Nc2ccc3c(N)nccc3c2)(OC(=O)C(F)(F)F)C(=O)NCc2cccc(NC(C)=O)c2)ccc1OC(C)C. The summed E-state index contributed by atoms with van der Waals surface area (Å²) in [6, 6.07) is 16.6. The van der Waals surface area contributed by atoms with Gasteiger partial charge in [-0.25, -0.2) is 9.78 Å². The van der Waals surface area contributed by atoms with Crippen LogP contribution in [0.3, 0.4) is 0 Å². The van der Waals surface area contributed by atoms with Crippen LogP contribution in [0.15, 0.2) is 72.9 Å². The predicted octanol–water partition coefficient (Wildman–Crippen LogP) is 5.65. The smallest absolute Gasteiger partial charge is 0.490 e. The van der Waals surface area contributed by atoms with Gasteiger partial charge in [-0.2, -0.15) is 13.2 Å². The summed E-state index contributed by atoms with van der Waals surface area (Å²) >= 11 is 0. The number of carbonyl (C=O) groups excluding carboxylic acids is 3. The van der Waals surface area contributed by atoms with Gasteiger partial charge in [-0.15, -0.1) is 0 Å². The molecule has 248 valence electrons. The number of amides is 2. The number of ether oxygens (including phenoxy) is 3. The summed E-state index contributed by atoms with van der Waals surface area (Å²) in [6.45, 7) is 6.51. The van der Waals surface area contributed by atoms with Crippen LogP contribution in [0.25, 0.3) is 10.8 Å². The van der Waals surface area contributed by atoms with Gasteiger partial charge in [0.1, 0.15) is 5.82 Å². The van der Waals surface area contributed by atoms with Crippen LogP contribution in [0.5, 0.6) is 11.5 Å². The Balaban J connectivity index is 1.88. The highest BCUT2D eigenvalue weighted by atomic mass is 19.4. The van der Waals surface area contributed by atoms with Crippen LogP contribution < -0.4 is 31.2 Å². The molecule has 0 spiro atoms. The molecule has 0 aliphatic carbocycles. The molecule has 1 aromatic heterocycles. The first-order valence-corrected chi connectivity index (χ1v) is 14.5. The number of anilines is 3. The minimum atomic E-state index is -5.47. The minimum Gasteiger partial charge on any atom is -0.490 e. The number of alkyl halides is 3. The lowest BCUT2D eigenvalue weighted by Gasteiger charge is -2.34. The van der Waals surface area contributed by atoms with E-state index in [0.29, 0.717) is 22.0 Å². The van der Waals surface area contributed by atoms with Crippen molar-refractivity contribution in [1.29, 1.82) is 0 Å². The van der Waals surface area contributed by atoms with E-state index in [2.05, 4.69) is 20.9 Å². The van der Waals surface area contributed by atoms with Crippen LogP contribution in [0.4, 0.5) is 30.4 Å². The monoisotopic (exact) mass is 653 g/mol. The molecule has 2 amide bonds. The van der Waals surface area contributed by atoms with Gasteiger partial charge in [0.2, 0.25) is 5.91 Å². The summed E-state index contributed by atoms with van der Waals surface area (Å²) in [4.78, 5) is 42.4. The Bertz CT molecular complexity index is 1780. The Hall–Kier alpha value is -5.53. The summed E-state index contributed by atoms with van der Waals surface area (Å²) in [5.74, 6) is -3.52. The molecule has 11 nitrogen and oxygen atoms in total. The molecule has 0 saturated heterocycles. The van der Waals surface area contributed by atoms with E-state index in [1.807, 2.05) is 0 Å². The zero-order valence-electron chi connectivity index (χ0n) is 26.0. The van der Waals surface area contributed by atoms with Crippen molar-refractivity contribution in [2.45, 2.75) is 52.2 Å². The van der Waals surface area contributed by atoms with Gasteiger partial charge in [-0.1, -0.05) is 12.1 Å². The van der Waals surface area contributed by atoms with E-state index < -0.39 is 23.8 Å². The van der Waals surface area contributed by atoms with Crippen molar-refractivity contribution in [2.75, 3.05) is 23.0 Å². The van der Waals surface area contributed by atoms with E-state index in [1.54, 1.807) is 57.2 Å². The van der Waals surface area contributed by atoms with Crippen molar-refractivity contribution in [2.24, 2.45) is 0 Å². The Morgan fingerprint density at radius 1 is 0.957 bits per heavy atom. The molecule has 1 heterocycles. The lowest BCUT2D eigenvalue weighted by molar-refractivity contribution is -0.213. The van der Waals surface area contributed by atoms with Crippen LogP contribution in [0.2, 0.25) is 0 Å². The molecule has 5 N–H and O–H groups in total. The fourth-order valence-corrected chi connectivity index (χ4v) is 4.69. The van der Waals surface area contributed by atoms with Crippen LogP contribution in [0.1, 0.15) is 38.8 Å². The number of nitrogens with two attached hydrogens (primary N) is 1. The van der Waals surface area contributed by atoms with Gasteiger partial charge < -0.3 is 35.9 Å². The average Bonchev–Trinajstić information content (AvgIpc) is 2.99. The maximum Gasteiger partial charge on any atom is 0.491 e. The number of rotatable bonds is 12. The molecule has 0 aliphatic rings. The Labute approximate surface area is 268 Å². The minimum absolute atomic E-state index is 0.0982. The number of nitrogens with one attached hydrogen (secondary N) is 3. The number of esters is 1. The number of nitrogen functional groups attached to an aromatic ring is 1. The molecular weight excluding hydrogens is 619 g/mol. The fourth-order valence-electron chi connectivity index (χ4n) is 4.69. The quantitative estimate of drug-likeness (QED) is 0.112. The van der Waals surface area contributed by atoms with Crippen molar-refractivity contribution >= 4 is 45.7 Å². The summed E-state index contributed by atoms with van der Waals surface area (Å²) in [6.07, 6.45) is -4.31. The third-order valence-corrected chi connectivity index (χ3v) is 6.63. The number of fused-ring (bicyclic) bond motifs is 1. The molecule has 0 bridgehead atoms. The number of aromatic nitrogens is 1. The molecular formula is C33H34F3N5O6. The molecule has 1 atom stereocenters. The first-order valence-electron chi connectivity index (χ1n) is 14.5. The second-order valence-corrected chi connectivity index (χ2v) is 10.7. The maximum absolute atomic E-state index is 14.2. The van der Waals surface area contributed by atoms with Crippen molar-refractivity contribution in [3.05, 3.63) is 84.1 Å². The van der Waals surface area contributed by atoms with Crippen molar-refractivity contribution in [3.63, 3.8) is 0 Å². The fraction of sp³-hybridized carbons (Fsp3) is 0.273. The largest absolute Gasteiger partial charge is 0.491 e. The lowest BCUT2D eigenvalue weighted by Crippen LogP contribution is -2.54. The van der Waals surface area contributed by atoms with Crippen molar-refractivity contribution in [1.82, 2.24) is 10.3 Å². The molecule has 14 heteroatoms. The molecule has 4 rings (SSSR count). The molecule has 0 saturated carbocycles. The second-order valence-electron chi connectivity index (χ2n) is 10.7.